The van der Waals surface area contributed by atoms with Crippen molar-refractivity contribution in [2.24, 2.45) is 0 Å². The van der Waals surface area contributed by atoms with Gasteiger partial charge in [0.15, 0.2) is 0 Å². The smallest absolute Gasteiger partial charge is 0.280 e. The van der Waals surface area contributed by atoms with Crippen LogP contribution in [-0.2, 0) is 6.61 Å². The average Bonchev–Trinajstić information content (AvgIpc) is 2.16. The van der Waals surface area contributed by atoms with Crippen LogP contribution in [0.5, 0.6) is 5.88 Å². The zero-order valence-electron chi connectivity index (χ0n) is 7.30. The molecule has 0 spiro atoms. The molecule has 0 fully saturated rings. The maximum Gasteiger partial charge on any atom is 0.280 e. The summed E-state index contributed by atoms with van der Waals surface area (Å²) in [5, 5.41) is 8.89. The Labute approximate surface area is 84.3 Å². The van der Waals surface area contributed by atoms with E-state index >= 15 is 0 Å². The van der Waals surface area contributed by atoms with E-state index < -0.39 is 18.7 Å². The monoisotopic (exact) mass is 223 g/mol. The number of methoxy groups -OCH3 is 1. The third-order valence-electron chi connectivity index (χ3n) is 1.63. The van der Waals surface area contributed by atoms with Gasteiger partial charge in [-0.3, -0.25) is 0 Å². The Kier molecular flexibility index (Phi) is 3.60. The molecule has 0 aromatic carbocycles. The van der Waals surface area contributed by atoms with Crippen LogP contribution in [0.1, 0.15) is 17.7 Å². The lowest BCUT2D eigenvalue weighted by molar-refractivity contribution is 0.144. The standard InChI is InChI=1S/C8H8ClF2NO2/c1-14-8-4(3-13)5(9)2-6(12-8)7(10)11/h2,7,13H,3H2,1H3. The Hall–Kier alpha value is -0.940. The molecule has 1 N–H and O–H groups in total. The number of hydrogen-bond acceptors (Lipinski definition) is 3. The molecular formula is C8H8ClF2NO2. The van der Waals surface area contributed by atoms with Gasteiger partial charge in [0.25, 0.3) is 6.43 Å². The van der Waals surface area contributed by atoms with E-state index in [-0.39, 0.29) is 16.5 Å². The number of nitrogens with zero attached hydrogens (tertiary/aromatic N) is 1. The van der Waals surface area contributed by atoms with Crippen molar-refractivity contribution in [2.75, 3.05) is 7.11 Å². The Morgan fingerprint density at radius 1 is 1.64 bits per heavy atom. The number of hydrogen-bond donors (Lipinski definition) is 1. The van der Waals surface area contributed by atoms with Crippen molar-refractivity contribution in [3.05, 3.63) is 22.3 Å². The number of aliphatic hydroxyl groups excluding tert-OH is 1. The summed E-state index contributed by atoms with van der Waals surface area (Å²) in [4.78, 5) is 3.51. The molecule has 1 rings (SSSR count). The van der Waals surface area contributed by atoms with Crippen molar-refractivity contribution < 1.29 is 18.6 Å². The highest BCUT2D eigenvalue weighted by Crippen LogP contribution is 2.29. The third-order valence-corrected chi connectivity index (χ3v) is 1.96. The fourth-order valence-corrected chi connectivity index (χ4v) is 1.21. The number of halogens is 3. The van der Waals surface area contributed by atoms with Crippen LogP contribution >= 0.6 is 11.6 Å². The van der Waals surface area contributed by atoms with Gasteiger partial charge in [-0.2, -0.15) is 0 Å². The first-order valence-electron chi connectivity index (χ1n) is 3.72. The maximum absolute atomic E-state index is 12.3. The molecule has 0 aliphatic heterocycles. The number of aliphatic hydroxyl groups is 1. The molecule has 0 radical (unpaired) electrons. The molecule has 78 valence electrons. The normalized spacial score (nSPS) is 10.7. The highest BCUT2D eigenvalue weighted by molar-refractivity contribution is 6.31. The lowest BCUT2D eigenvalue weighted by atomic mass is 10.2. The quantitative estimate of drug-likeness (QED) is 0.854. The lowest BCUT2D eigenvalue weighted by Crippen LogP contribution is -2.00. The zero-order chi connectivity index (χ0) is 10.7. The molecule has 0 saturated carbocycles. The highest BCUT2D eigenvalue weighted by Gasteiger charge is 2.16. The first-order chi connectivity index (χ1) is 6.60. The van der Waals surface area contributed by atoms with Gasteiger partial charge in [0.1, 0.15) is 5.69 Å². The van der Waals surface area contributed by atoms with Crippen molar-refractivity contribution in [3.8, 4) is 5.88 Å². The second-order valence-electron chi connectivity index (χ2n) is 2.48. The van der Waals surface area contributed by atoms with Gasteiger partial charge >= 0.3 is 0 Å². The predicted octanol–water partition coefficient (Wildman–Crippen LogP) is 2.17. The lowest BCUT2D eigenvalue weighted by Gasteiger charge is -2.09. The summed E-state index contributed by atoms with van der Waals surface area (Å²) in [6, 6.07) is 1.01. The van der Waals surface area contributed by atoms with Gasteiger partial charge in [0.05, 0.1) is 24.3 Å². The summed E-state index contributed by atoms with van der Waals surface area (Å²) in [5.74, 6) is -0.0738. The fourth-order valence-electron chi connectivity index (χ4n) is 0.960. The number of aromatic nitrogens is 1. The van der Waals surface area contributed by atoms with Crippen LogP contribution < -0.4 is 4.74 Å². The molecule has 1 heterocycles. The van der Waals surface area contributed by atoms with E-state index in [9.17, 15) is 8.78 Å². The van der Waals surface area contributed by atoms with E-state index in [0.29, 0.717) is 0 Å². The largest absolute Gasteiger partial charge is 0.481 e. The Balaban J connectivity index is 3.24. The van der Waals surface area contributed by atoms with Gasteiger partial charge in [0, 0.05) is 0 Å². The van der Waals surface area contributed by atoms with Crippen molar-refractivity contribution in [1.29, 1.82) is 0 Å². The molecule has 0 amide bonds. The molecule has 0 bridgehead atoms. The highest BCUT2D eigenvalue weighted by atomic mass is 35.5. The van der Waals surface area contributed by atoms with Gasteiger partial charge in [-0.1, -0.05) is 11.6 Å². The van der Waals surface area contributed by atoms with E-state index in [1.165, 1.54) is 7.11 Å². The van der Waals surface area contributed by atoms with E-state index in [0.717, 1.165) is 6.07 Å². The van der Waals surface area contributed by atoms with Crippen molar-refractivity contribution in [2.45, 2.75) is 13.0 Å². The van der Waals surface area contributed by atoms with E-state index in [1.807, 2.05) is 0 Å². The summed E-state index contributed by atoms with van der Waals surface area (Å²) in [6.45, 7) is -0.404. The second kappa shape index (κ2) is 4.52. The van der Waals surface area contributed by atoms with Crippen LogP contribution in [0.2, 0.25) is 5.02 Å². The van der Waals surface area contributed by atoms with E-state index in [4.69, 9.17) is 21.4 Å². The molecular weight excluding hydrogens is 216 g/mol. The average molecular weight is 224 g/mol. The van der Waals surface area contributed by atoms with Crippen LogP contribution in [-0.4, -0.2) is 17.2 Å². The maximum atomic E-state index is 12.3. The topological polar surface area (TPSA) is 42.4 Å². The summed E-state index contributed by atoms with van der Waals surface area (Å²) >= 11 is 5.64. The molecule has 0 aliphatic rings. The second-order valence-corrected chi connectivity index (χ2v) is 2.88. The predicted molar refractivity (Wildman–Crippen MR) is 46.7 cm³/mol. The summed E-state index contributed by atoms with van der Waals surface area (Å²) in [5.41, 5.74) is -0.261. The molecule has 6 heteroatoms. The minimum Gasteiger partial charge on any atom is -0.481 e. The minimum atomic E-state index is -2.71. The van der Waals surface area contributed by atoms with Gasteiger partial charge in [0.2, 0.25) is 5.88 Å². The van der Waals surface area contributed by atoms with Gasteiger partial charge in [-0.25, -0.2) is 13.8 Å². The van der Waals surface area contributed by atoms with Crippen LogP contribution in [0.4, 0.5) is 8.78 Å². The number of ether oxygens (including phenoxy) is 1. The molecule has 1 aromatic rings. The summed E-state index contributed by atoms with van der Waals surface area (Å²) in [6.07, 6.45) is -2.71. The Morgan fingerprint density at radius 2 is 2.29 bits per heavy atom. The SMILES string of the molecule is COc1nc(C(F)F)cc(Cl)c1CO. The molecule has 14 heavy (non-hydrogen) atoms. The third kappa shape index (κ3) is 2.10. The van der Waals surface area contributed by atoms with Crippen LogP contribution in [0.3, 0.4) is 0 Å². The number of alkyl halides is 2. The van der Waals surface area contributed by atoms with E-state index in [2.05, 4.69) is 4.98 Å². The van der Waals surface area contributed by atoms with Crippen LogP contribution in [0, 0.1) is 0 Å². The molecule has 0 saturated heterocycles. The van der Waals surface area contributed by atoms with Gasteiger partial charge < -0.3 is 9.84 Å². The zero-order valence-corrected chi connectivity index (χ0v) is 8.05. The fraction of sp³-hybridized carbons (Fsp3) is 0.375. The van der Waals surface area contributed by atoms with Gasteiger partial charge in [-0.15, -0.1) is 0 Å². The van der Waals surface area contributed by atoms with Crippen molar-refractivity contribution in [1.82, 2.24) is 4.98 Å². The minimum absolute atomic E-state index is 0.0228. The molecule has 1 aromatic heterocycles. The number of rotatable bonds is 3. The first-order valence-corrected chi connectivity index (χ1v) is 4.10. The summed E-state index contributed by atoms with van der Waals surface area (Å²) < 4.78 is 29.2. The van der Waals surface area contributed by atoms with Crippen LogP contribution in [0.25, 0.3) is 0 Å². The van der Waals surface area contributed by atoms with Crippen molar-refractivity contribution in [3.63, 3.8) is 0 Å². The molecule has 3 nitrogen and oxygen atoms in total. The molecule has 0 unspecified atom stereocenters. The van der Waals surface area contributed by atoms with Crippen molar-refractivity contribution >= 4 is 11.6 Å². The summed E-state index contributed by atoms with van der Waals surface area (Å²) in [7, 11) is 1.27. The van der Waals surface area contributed by atoms with E-state index in [1.54, 1.807) is 0 Å². The number of pyridine rings is 1. The Morgan fingerprint density at radius 3 is 2.71 bits per heavy atom. The molecule has 0 atom stereocenters. The molecule has 0 aliphatic carbocycles. The van der Waals surface area contributed by atoms with Gasteiger partial charge in [-0.05, 0) is 6.07 Å². The first kappa shape index (κ1) is 11.1. The van der Waals surface area contributed by atoms with Crippen LogP contribution in [0.15, 0.2) is 6.07 Å². The Bertz CT molecular complexity index is 333.